The molecule has 0 bridgehead atoms. The van der Waals surface area contributed by atoms with Gasteiger partial charge in [-0.25, -0.2) is 0 Å². The monoisotopic (exact) mass is 179 g/mol. The van der Waals surface area contributed by atoms with Gasteiger partial charge >= 0.3 is 51.4 Å². The molecular weight excluding hydrogens is 173 g/mol. The number of carbonyl (C=O) groups is 1. The van der Waals surface area contributed by atoms with Gasteiger partial charge < -0.3 is 5.11 Å². The zero-order valence-electron chi connectivity index (χ0n) is 3.40. The van der Waals surface area contributed by atoms with Crippen LogP contribution in [0.4, 0.5) is 4.79 Å². The zero-order valence-corrected chi connectivity index (χ0v) is 5.19. The Morgan fingerprint density at radius 3 is 2.12 bits per heavy atom. The Balaban J connectivity index is 0. The van der Waals surface area contributed by atoms with E-state index in [0.29, 0.717) is 0 Å². The van der Waals surface area contributed by atoms with Crippen molar-refractivity contribution in [1.82, 2.24) is 4.31 Å². The van der Waals surface area contributed by atoms with Gasteiger partial charge in [0.2, 0.25) is 0 Å². The Labute approximate surface area is 101 Å². The molecule has 0 aliphatic carbocycles. The van der Waals surface area contributed by atoms with Crippen LogP contribution in [0.1, 0.15) is 0 Å². The molecule has 0 heterocycles. The molecule has 0 rings (SSSR count). The number of aliphatic hydroxyl groups is 1. The number of carbonyl (C=O) groups excluding carboxylic acids is 1. The number of thiol groups is 2. The molecule has 0 aromatic rings. The summed E-state index contributed by atoms with van der Waals surface area (Å²) in [7, 11) is 0. The van der Waals surface area contributed by atoms with Crippen molar-refractivity contribution in [1.29, 1.82) is 0 Å². The fraction of sp³-hybridized carbons (Fsp3) is 0.500. The van der Waals surface area contributed by atoms with Gasteiger partial charge in [-0.2, -0.15) is 0 Å². The van der Waals surface area contributed by atoms with Crippen molar-refractivity contribution in [2.45, 2.75) is 0 Å². The van der Waals surface area contributed by atoms with Crippen LogP contribution in [0.15, 0.2) is 0 Å². The molecule has 44 valence electrons. The van der Waals surface area contributed by atoms with Gasteiger partial charge in [0.05, 0.1) is 0 Å². The first kappa shape index (κ1) is 12.4. The molecule has 1 N–H and O–H groups in total. The van der Waals surface area contributed by atoms with E-state index in [9.17, 15) is 4.79 Å². The van der Waals surface area contributed by atoms with Crippen LogP contribution in [0, 0.1) is 0 Å². The summed E-state index contributed by atoms with van der Waals surface area (Å²) in [4.78, 5) is 9.93. The van der Waals surface area contributed by atoms with Crippen LogP contribution in [-0.2, 0) is 0 Å². The molecule has 0 aromatic carbocycles. The van der Waals surface area contributed by atoms with E-state index in [2.05, 4.69) is 25.4 Å². The summed E-state index contributed by atoms with van der Waals surface area (Å²) < 4.78 is 0.767. The maximum atomic E-state index is 9.93. The third kappa shape index (κ3) is 5.90. The molecular formula is C2H6KNO2S2. The van der Waals surface area contributed by atoms with Gasteiger partial charge in [0.25, 0.3) is 5.24 Å². The normalized spacial score (nSPS) is 7.38. The molecule has 1 amide bonds. The number of hydrogen-bond donors (Lipinski definition) is 3. The van der Waals surface area contributed by atoms with Crippen molar-refractivity contribution in [3.63, 3.8) is 0 Å². The van der Waals surface area contributed by atoms with Crippen LogP contribution in [0.25, 0.3) is 0 Å². The van der Waals surface area contributed by atoms with Gasteiger partial charge in [-0.05, 0) is 0 Å². The van der Waals surface area contributed by atoms with Gasteiger partial charge in [0, 0.05) is 0 Å². The number of aliphatic hydroxyl groups excluding tert-OH is 1. The van der Waals surface area contributed by atoms with Crippen LogP contribution in [-0.4, -0.2) is 72.8 Å². The number of nitrogens with zero attached hydrogens (tertiary/aromatic N) is 1. The summed E-state index contributed by atoms with van der Waals surface area (Å²) in [6, 6.07) is 0. The molecule has 0 radical (unpaired) electrons. The van der Waals surface area contributed by atoms with Crippen molar-refractivity contribution >= 4 is 82.1 Å². The number of rotatable bonds is 1. The van der Waals surface area contributed by atoms with Gasteiger partial charge in [-0.1, -0.05) is 25.4 Å². The molecule has 0 saturated carbocycles. The Morgan fingerprint density at radius 1 is 1.75 bits per heavy atom. The van der Waals surface area contributed by atoms with E-state index in [1.54, 1.807) is 0 Å². The second-order valence-electron chi connectivity index (χ2n) is 0.824. The zero-order chi connectivity index (χ0) is 5.86. The summed E-state index contributed by atoms with van der Waals surface area (Å²) in [5, 5.41) is 7.52. The Hall–Kier alpha value is 1.77. The second-order valence-corrected chi connectivity index (χ2v) is 1.69. The Kier molecular flexibility index (Phi) is 10.7. The fourth-order valence-corrected chi connectivity index (χ4v) is 0.124. The topological polar surface area (TPSA) is 40.5 Å². The average Bonchev–Trinajstić information content (AvgIpc) is 1.65. The van der Waals surface area contributed by atoms with E-state index in [4.69, 9.17) is 5.11 Å². The molecule has 0 aromatic heterocycles. The van der Waals surface area contributed by atoms with Crippen LogP contribution in [0.3, 0.4) is 0 Å². The van der Waals surface area contributed by atoms with Gasteiger partial charge in [0.1, 0.15) is 6.73 Å². The average molecular weight is 179 g/mol. The molecule has 0 fully saturated rings. The maximum absolute atomic E-state index is 9.93. The van der Waals surface area contributed by atoms with Crippen LogP contribution in [0.2, 0.25) is 0 Å². The predicted molar refractivity (Wildman–Crippen MR) is 39.4 cm³/mol. The third-order valence-electron chi connectivity index (χ3n) is 0.355. The minimum atomic E-state index is -0.564. The molecule has 0 saturated heterocycles. The van der Waals surface area contributed by atoms with Gasteiger partial charge in [-0.3, -0.25) is 9.10 Å². The molecule has 6 heteroatoms. The molecule has 0 aliphatic heterocycles. The van der Waals surface area contributed by atoms with Crippen molar-refractivity contribution in [2.24, 2.45) is 0 Å². The Bertz CT molecular complexity index is 80.4. The molecule has 8 heavy (non-hydrogen) atoms. The van der Waals surface area contributed by atoms with Crippen molar-refractivity contribution < 1.29 is 9.90 Å². The second kappa shape index (κ2) is 6.88. The van der Waals surface area contributed by atoms with E-state index in [1.807, 2.05) is 0 Å². The van der Waals surface area contributed by atoms with E-state index in [-0.39, 0.29) is 51.4 Å². The van der Waals surface area contributed by atoms with E-state index < -0.39 is 12.0 Å². The Morgan fingerprint density at radius 2 is 2.12 bits per heavy atom. The SMILES string of the molecule is O=C(S)N(S)CO.[KH]. The van der Waals surface area contributed by atoms with E-state index in [0.717, 1.165) is 4.31 Å². The summed E-state index contributed by atoms with van der Waals surface area (Å²) in [6.45, 7) is -0.411. The fourth-order valence-electron chi connectivity index (χ4n) is 0.0605. The van der Waals surface area contributed by atoms with Crippen molar-refractivity contribution in [3.8, 4) is 0 Å². The van der Waals surface area contributed by atoms with Crippen molar-refractivity contribution in [3.05, 3.63) is 0 Å². The minimum absolute atomic E-state index is 0. The molecule has 3 nitrogen and oxygen atoms in total. The van der Waals surface area contributed by atoms with Gasteiger partial charge in [-0.15, -0.1) is 0 Å². The third-order valence-corrected chi connectivity index (χ3v) is 1.06. The summed E-state index contributed by atoms with van der Waals surface area (Å²) in [5.41, 5.74) is 0. The summed E-state index contributed by atoms with van der Waals surface area (Å²) in [5.74, 6) is 0. The summed E-state index contributed by atoms with van der Waals surface area (Å²) in [6.07, 6.45) is 0. The van der Waals surface area contributed by atoms with Gasteiger partial charge in [0.15, 0.2) is 0 Å². The quantitative estimate of drug-likeness (QED) is 0.288. The van der Waals surface area contributed by atoms with E-state index in [1.165, 1.54) is 0 Å². The van der Waals surface area contributed by atoms with Crippen LogP contribution >= 0.6 is 25.4 Å². The molecule has 0 unspecified atom stereocenters. The molecule has 0 spiro atoms. The standard InChI is InChI=1S/C2H5NO2S2.K.H/c4-1-3(7)2(5)6;;/h4,7H,1H2,(H,5,6);;. The molecule has 0 aliphatic rings. The first-order chi connectivity index (χ1) is 3.18. The van der Waals surface area contributed by atoms with E-state index >= 15 is 0 Å². The number of hydrogen-bond acceptors (Lipinski definition) is 3. The van der Waals surface area contributed by atoms with Crippen LogP contribution < -0.4 is 0 Å². The van der Waals surface area contributed by atoms with Crippen LogP contribution in [0.5, 0.6) is 0 Å². The predicted octanol–water partition coefficient (Wildman–Crippen LogP) is -0.516. The summed E-state index contributed by atoms with van der Waals surface area (Å²) >= 11 is 6.81. The van der Waals surface area contributed by atoms with Crippen molar-refractivity contribution in [2.75, 3.05) is 6.73 Å². The first-order valence-electron chi connectivity index (χ1n) is 1.48. The first-order valence-corrected chi connectivity index (χ1v) is 2.33. The molecule has 0 atom stereocenters. The number of amides is 1.